The number of hydrogen-bond acceptors (Lipinski definition) is 4. The van der Waals surface area contributed by atoms with Crippen LogP contribution in [0.3, 0.4) is 0 Å². The SMILES string of the molecule is COc1c(C)cc(S(=O)(=O)N2CCN(C34CC5CC(CC(C5)C3)C4)CC2)c(C)c1C. The molecule has 5 aliphatic rings. The molecule has 30 heavy (non-hydrogen) atoms. The van der Waals surface area contributed by atoms with Gasteiger partial charge in [0.2, 0.25) is 10.0 Å². The lowest BCUT2D eigenvalue weighted by Crippen LogP contribution is -2.64. The summed E-state index contributed by atoms with van der Waals surface area (Å²) in [5.41, 5.74) is 2.98. The summed E-state index contributed by atoms with van der Waals surface area (Å²) in [7, 11) is -1.85. The van der Waals surface area contributed by atoms with E-state index in [0.29, 0.717) is 23.5 Å². The molecule has 5 fully saturated rings. The third-order valence-corrected chi connectivity index (χ3v) is 10.7. The van der Waals surface area contributed by atoms with Crippen LogP contribution in [0, 0.1) is 38.5 Å². The van der Waals surface area contributed by atoms with Gasteiger partial charge in [-0.1, -0.05) is 0 Å². The van der Waals surface area contributed by atoms with Crippen molar-refractivity contribution in [3.63, 3.8) is 0 Å². The van der Waals surface area contributed by atoms with Gasteiger partial charge in [-0.3, -0.25) is 4.90 Å². The van der Waals surface area contributed by atoms with Crippen molar-refractivity contribution in [3.8, 4) is 5.75 Å². The first-order valence-electron chi connectivity index (χ1n) is 11.6. The number of ether oxygens (including phenoxy) is 1. The summed E-state index contributed by atoms with van der Waals surface area (Å²) < 4.78 is 34.3. The fourth-order valence-electron chi connectivity index (χ4n) is 7.60. The minimum absolute atomic E-state index is 0.369. The van der Waals surface area contributed by atoms with Gasteiger partial charge in [0, 0.05) is 31.7 Å². The molecule has 0 amide bonds. The highest BCUT2D eigenvalue weighted by atomic mass is 32.2. The standard InChI is InChI=1S/C24H36N2O3S/c1-16-9-22(17(2)18(3)23(16)29-4)30(27,28)26-7-5-25(6-8-26)24-13-19-10-20(14-24)12-21(11-19)15-24/h9,19-21H,5-8,10-15H2,1-4H3. The first-order chi connectivity index (χ1) is 14.2. The van der Waals surface area contributed by atoms with Gasteiger partial charge in [-0.05, 0) is 99.8 Å². The maximum atomic E-state index is 13.5. The summed E-state index contributed by atoms with van der Waals surface area (Å²) in [6.07, 6.45) is 8.39. The van der Waals surface area contributed by atoms with E-state index in [4.69, 9.17) is 4.74 Å². The summed E-state index contributed by atoms with van der Waals surface area (Å²) in [5, 5.41) is 0. The molecule has 0 N–H and O–H groups in total. The maximum Gasteiger partial charge on any atom is 0.243 e. The van der Waals surface area contributed by atoms with Crippen LogP contribution in [-0.4, -0.2) is 56.5 Å². The van der Waals surface area contributed by atoms with Crippen molar-refractivity contribution in [1.82, 2.24) is 9.21 Å². The number of rotatable bonds is 4. The zero-order valence-corrected chi connectivity index (χ0v) is 19.7. The number of hydrogen-bond donors (Lipinski definition) is 0. The van der Waals surface area contributed by atoms with Gasteiger partial charge in [0.05, 0.1) is 12.0 Å². The average molecular weight is 433 g/mol. The first kappa shape index (κ1) is 20.8. The lowest BCUT2D eigenvalue weighted by molar-refractivity contribution is -0.0964. The molecular weight excluding hydrogens is 396 g/mol. The largest absolute Gasteiger partial charge is 0.496 e. The van der Waals surface area contributed by atoms with Crippen molar-refractivity contribution in [3.05, 3.63) is 22.8 Å². The minimum atomic E-state index is -3.49. The van der Waals surface area contributed by atoms with E-state index >= 15 is 0 Å². The summed E-state index contributed by atoms with van der Waals surface area (Å²) in [4.78, 5) is 3.13. The molecule has 0 unspecified atom stereocenters. The van der Waals surface area contributed by atoms with E-state index in [1.807, 2.05) is 20.8 Å². The molecule has 166 valence electrons. The number of sulfonamides is 1. The van der Waals surface area contributed by atoms with E-state index in [1.54, 1.807) is 17.5 Å². The zero-order valence-electron chi connectivity index (χ0n) is 18.9. The summed E-state index contributed by atoms with van der Waals surface area (Å²) >= 11 is 0. The second kappa shape index (κ2) is 7.21. The highest BCUT2D eigenvalue weighted by Gasteiger charge is 2.54. The second-order valence-electron chi connectivity index (χ2n) is 10.5. The average Bonchev–Trinajstić information content (AvgIpc) is 2.70. The smallest absolute Gasteiger partial charge is 0.243 e. The van der Waals surface area contributed by atoms with Gasteiger partial charge in [-0.25, -0.2) is 8.42 Å². The third kappa shape index (κ3) is 3.13. The van der Waals surface area contributed by atoms with Gasteiger partial charge in [-0.15, -0.1) is 0 Å². The van der Waals surface area contributed by atoms with Gasteiger partial charge in [0.25, 0.3) is 0 Å². The number of piperazine rings is 1. The Morgan fingerprint density at radius 3 is 1.93 bits per heavy atom. The number of methoxy groups -OCH3 is 1. The molecule has 6 rings (SSSR count). The topological polar surface area (TPSA) is 49.9 Å². The van der Waals surface area contributed by atoms with E-state index in [9.17, 15) is 8.42 Å². The van der Waals surface area contributed by atoms with Gasteiger partial charge >= 0.3 is 0 Å². The third-order valence-electron chi connectivity index (χ3n) is 8.72. The highest BCUT2D eigenvalue weighted by Crippen LogP contribution is 2.57. The van der Waals surface area contributed by atoms with Crippen molar-refractivity contribution < 1.29 is 13.2 Å². The van der Waals surface area contributed by atoms with Crippen LogP contribution in [0.15, 0.2) is 11.0 Å². The fraction of sp³-hybridized carbons (Fsp3) is 0.750. The van der Waals surface area contributed by atoms with Crippen molar-refractivity contribution in [2.45, 2.75) is 69.7 Å². The molecule has 4 bridgehead atoms. The Kier molecular flexibility index (Phi) is 4.99. The van der Waals surface area contributed by atoms with Gasteiger partial charge in [0.1, 0.15) is 5.75 Å². The predicted octanol–water partition coefficient (Wildman–Crippen LogP) is 3.90. The molecule has 1 aliphatic heterocycles. The summed E-state index contributed by atoms with van der Waals surface area (Å²) in [6, 6.07) is 1.79. The Hall–Kier alpha value is -1.11. The molecule has 0 aromatic heterocycles. The molecule has 0 spiro atoms. The monoisotopic (exact) mass is 432 g/mol. The molecule has 6 heteroatoms. The lowest BCUT2D eigenvalue weighted by Gasteiger charge is -2.61. The molecule has 4 saturated carbocycles. The molecule has 1 saturated heterocycles. The van der Waals surface area contributed by atoms with Gasteiger partial charge in [-0.2, -0.15) is 4.31 Å². The minimum Gasteiger partial charge on any atom is -0.496 e. The van der Waals surface area contributed by atoms with Crippen LogP contribution in [0.1, 0.15) is 55.2 Å². The Morgan fingerprint density at radius 2 is 1.43 bits per heavy atom. The molecule has 1 heterocycles. The number of nitrogens with zero attached hydrogens (tertiary/aromatic N) is 2. The van der Waals surface area contributed by atoms with Crippen molar-refractivity contribution >= 4 is 10.0 Å². The molecule has 1 aromatic carbocycles. The van der Waals surface area contributed by atoms with Crippen molar-refractivity contribution in [2.75, 3.05) is 33.3 Å². The van der Waals surface area contributed by atoms with E-state index in [-0.39, 0.29) is 0 Å². The van der Waals surface area contributed by atoms with Crippen LogP contribution in [0.5, 0.6) is 5.75 Å². The van der Waals surface area contributed by atoms with Gasteiger partial charge < -0.3 is 4.74 Å². The normalized spacial score (nSPS) is 34.5. The predicted molar refractivity (Wildman–Crippen MR) is 118 cm³/mol. The van der Waals surface area contributed by atoms with E-state index in [1.165, 1.54) is 38.5 Å². The molecule has 5 nitrogen and oxygen atoms in total. The maximum absolute atomic E-state index is 13.5. The Labute approximate surface area is 181 Å². The van der Waals surface area contributed by atoms with Gasteiger partial charge in [0.15, 0.2) is 0 Å². The van der Waals surface area contributed by atoms with Crippen LogP contribution < -0.4 is 4.74 Å². The molecule has 4 aliphatic carbocycles. The second-order valence-corrected chi connectivity index (χ2v) is 12.4. The molecule has 0 radical (unpaired) electrons. The fourth-order valence-corrected chi connectivity index (χ4v) is 9.39. The first-order valence-corrected chi connectivity index (χ1v) is 13.1. The molecule has 0 atom stereocenters. The Morgan fingerprint density at radius 1 is 0.900 bits per heavy atom. The molecule has 1 aromatic rings. The van der Waals surface area contributed by atoms with Crippen LogP contribution in [-0.2, 0) is 10.0 Å². The summed E-state index contributed by atoms with van der Waals surface area (Å²) in [5.74, 6) is 3.56. The highest BCUT2D eigenvalue weighted by molar-refractivity contribution is 7.89. The molecular formula is C24H36N2O3S. The quantitative estimate of drug-likeness (QED) is 0.724. The lowest BCUT2D eigenvalue weighted by atomic mass is 9.52. The van der Waals surface area contributed by atoms with Crippen molar-refractivity contribution in [2.24, 2.45) is 17.8 Å². The van der Waals surface area contributed by atoms with Crippen LogP contribution >= 0.6 is 0 Å². The van der Waals surface area contributed by atoms with E-state index in [2.05, 4.69) is 4.90 Å². The van der Waals surface area contributed by atoms with E-state index < -0.39 is 10.0 Å². The van der Waals surface area contributed by atoms with Crippen LogP contribution in [0.4, 0.5) is 0 Å². The van der Waals surface area contributed by atoms with Crippen LogP contribution in [0.25, 0.3) is 0 Å². The number of benzene rings is 1. The van der Waals surface area contributed by atoms with Crippen LogP contribution in [0.2, 0.25) is 0 Å². The van der Waals surface area contributed by atoms with E-state index in [0.717, 1.165) is 53.3 Å². The van der Waals surface area contributed by atoms with Crippen molar-refractivity contribution in [1.29, 1.82) is 0 Å². The Balaban J connectivity index is 1.35. The number of aryl methyl sites for hydroxylation is 1. The summed E-state index contributed by atoms with van der Waals surface area (Å²) in [6.45, 7) is 8.73. The Bertz CT molecular complexity index is 912. The zero-order chi connectivity index (χ0) is 21.3.